The van der Waals surface area contributed by atoms with Crippen molar-refractivity contribution in [3.05, 3.63) is 35.4 Å². The van der Waals surface area contributed by atoms with E-state index in [9.17, 15) is 9.59 Å². The molecule has 5 nitrogen and oxygen atoms in total. The summed E-state index contributed by atoms with van der Waals surface area (Å²) in [4.78, 5) is 27.1. The van der Waals surface area contributed by atoms with Crippen molar-refractivity contribution in [3.63, 3.8) is 0 Å². The first-order valence-electron chi connectivity index (χ1n) is 9.22. The van der Waals surface area contributed by atoms with Gasteiger partial charge in [0, 0.05) is 31.8 Å². The molecule has 0 radical (unpaired) electrons. The van der Waals surface area contributed by atoms with Crippen LogP contribution in [-0.2, 0) is 16.1 Å². The molecule has 2 atom stereocenters. The summed E-state index contributed by atoms with van der Waals surface area (Å²) in [6.45, 7) is 5.84. The van der Waals surface area contributed by atoms with E-state index in [1.165, 1.54) is 0 Å². The van der Waals surface area contributed by atoms with E-state index in [4.69, 9.17) is 4.74 Å². The van der Waals surface area contributed by atoms with Crippen LogP contribution in [0.1, 0.15) is 55.5 Å². The van der Waals surface area contributed by atoms with Crippen molar-refractivity contribution in [2.24, 2.45) is 5.92 Å². The van der Waals surface area contributed by atoms with Crippen molar-refractivity contribution in [2.75, 3.05) is 20.2 Å². The Morgan fingerprint density at radius 2 is 2.20 bits per heavy atom. The Bertz CT molecular complexity index is 588. The number of rotatable bonds is 7. The van der Waals surface area contributed by atoms with Gasteiger partial charge in [0.1, 0.15) is 0 Å². The number of carbonyl (C=O) groups excluding carboxylic acids is 2. The van der Waals surface area contributed by atoms with Crippen LogP contribution < -0.4 is 5.32 Å². The van der Waals surface area contributed by atoms with Crippen molar-refractivity contribution in [2.45, 2.75) is 52.2 Å². The number of hydrogen-bond donors (Lipinski definition) is 1. The van der Waals surface area contributed by atoms with E-state index in [-0.39, 0.29) is 23.8 Å². The van der Waals surface area contributed by atoms with Gasteiger partial charge in [0.05, 0.1) is 12.5 Å². The summed E-state index contributed by atoms with van der Waals surface area (Å²) < 4.78 is 5.14. The van der Waals surface area contributed by atoms with E-state index >= 15 is 0 Å². The molecule has 0 aromatic heterocycles. The number of amides is 2. The SMILES string of the molecule is CCC[C@@H](C)NC(=O)[C@H]1CCCN(C(=O)c2cccc(COC)c2)C1. The molecule has 5 heteroatoms. The lowest BCUT2D eigenvalue weighted by Gasteiger charge is -2.32. The smallest absolute Gasteiger partial charge is 0.253 e. The topological polar surface area (TPSA) is 58.6 Å². The first-order chi connectivity index (χ1) is 12.0. The second-order valence-electron chi connectivity index (χ2n) is 6.92. The molecule has 2 amide bonds. The highest BCUT2D eigenvalue weighted by atomic mass is 16.5. The Hall–Kier alpha value is -1.88. The number of benzene rings is 1. The van der Waals surface area contributed by atoms with Gasteiger partial charge in [0.2, 0.25) is 5.91 Å². The van der Waals surface area contributed by atoms with Crippen molar-refractivity contribution in [1.29, 1.82) is 0 Å². The lowest BCUT2D eigenvalue weighted by molar-refractivity contribution is -0.127. The van der Waals surface area contributed by atoms with Crippen LogP contribution in [0.25, 0.3) is 0 Å². The molecule has 0 saturated carbocycles. The quantitative estimate of drug-likeness (QED) is 0.826. The lowest BCUT2D eigenvalue weighted by Crippen LogP contribution is -2.47. The number of likely N-dealkylation sites (tertiary alicyclic amines) is 1. The average molecular weight is 346 g/mol. The van der Waals surface area contributed by atoms with Crippen LogP contribution in [0.4, 0.5) is 0 Å². The maximum Gasteiger partial charge on any atom is 0.253 e. The van der Waals surface area contributed by atoms with Crippen molar-refractivity contribution in [3.8, 4) is 0 Å². The molecule has 1 aliphatic heterocycles. The molecule has 2 rings (SSSR count). The fourth-order valence-electron chi connectivity index (χ4n) is 3.38. The molecule has 1 aromatic rings. The lowest BCUT2D eigenvalue weighted by atomic mass is 9.95. The summed E-state index contributed by atoms with van der Waals surface area (Å²) in [5, 5.41) is 3.08. The van der Waals surface area contributed by atoms with E-state index in [0.717, 1.165) is 31.2 Å². The Labute approximate surface area is 150 Å². The number of hydrogen-bond acceptors (Lipinski definition) is 3. The van der Waals surface area contributed by atoms with E-state index < -0.39 is 0 Å². The molecule has 1 aromatic carbocycles. The molecule has 0 bridgehead atoms. The second-order valence-corrected chi connectivity index (χ2v) is 6.92. The normalized spacial score (nSPS) is 18.7. The van der Waals surface area contributed by atoms with Gasteiger partial charge in [0.25, 0.3) is 5.91 Å². The second kappa shape index (κ2) is 9.56. The van der Waals surface area contributed by atoms with Gasteiger partial charge in [0.15, 0.2) is 0 Å². The molecule has 1 heterocycles. The van der Waals surface area contributed by atoms with Crippen LogP contribution in [0.3, 0.4) is 0 Å². The summed E-state index contributed by atoms with van der Waals surface area (Å²) >= 11 is 0. The molecule has 0 spiro atoms. The highest BCUT2D eigenvalue weighted by Gasteiger charge is 2.29. The first-order valence-corrected chi connectivity index (χ1v) is 9.22. The minimum atomic E-state index is -0.112. The summed E-state index contributed by atoms with van der Waals surface area (Å²) in [7, 11) is 1.64. The van der Waals surface area contributed by atoms with E-state index in [1.54, 1.807) is 7.11 Å². The van der Waals surface area contributed by atoms with Gasteiger partial charge >= 0.3 is 0 Å². The third-order valence-electron chi connectivity index (χ3n) is 4.67. The molecule has 1 aliphatic rings. The fraction of sp³-hybridized carbons (Fsp3) is 0.600. The van der Waals surface area contributed by atoms with Crippen molar-refractivity contribution >= 4 is 11.8 Å². The van der Waals surface area contributed by atoms with Crippen molar-refractivity contribution in [1.82, 2.24) is 10.2 Å². The summed E-state index contributed by atoms with van der Waals surface area (Å²) in [6.07, 6.45) is 3.74. The van der Waals surface area contributed by atoms with Gasteiger partial charge in [-0.2, -0.15) is 0 Å². The molecular formula is C20H30N2O3. The van der Waals surface area contributed by atoms with Crippen molar-refractivity contribution < 1.29 is 14.3 Å². The number of carbonyl (C=O) groups is 2. The molecular weight excluding hydrogens is 316 g/mol. The van der Waals surface area contributed by atoms with Crippen LogP contribution in [0.2, 0.25) is 0 Å². The average Bonchev–Trinajstić information content (AvgIpc) is 2.62. The van der Waals surface area contributed by atoms with Gasteiger partial charge in [-0.05, 0) is 43.9 Å². The molecule has 1 fully saturated rings. The molecule has 1 saturated heterocycles. The number of nitrogens with one attached hydrogen (secondary N) is 1. The van der Waals surface area contributed by atoms with Gasteiger partial charge in [-0.1, -0.05) is 25.5 Å². The molecule has 138 valence electrons. The standard InChI is InChI=1S/C20H30N2O3/c1-4-7-15(2)21-19(23)18-10-6-11-22(13-18)20(24)17-9-5-8-16(12-17)14-25-3/h5,8-9,12,15,18H,4,6-7,10-11,13-14H2,1-3H3,(H,21,23)/t15-,18+/m1/s1. The zero-order chi connectivity index (χ0) is 18.2. The third-order valence-corrected chi connectivity index (χ3v) is 4.67. The van der Waals surface area contributed by atoms with E-state index in [2.05, 4.69) is 12.2 Å². The summed E-state index contributed by atoms with van der Waals surface area (Å²) in [5.41, 5.74) is 1.64. The highest BCUT2D eigenvalue weighted by molar-refractivity contribution is 5.95. The highest BCUT2D eigenvalue weighted by Crippen LogP contribution is 2.20. The number of piperidine rings is 1. The zero-order valence-corrected chi connectivity index (χ0v) is 15.6. The summed E-state index contributed by atoms with van der Waals surface area (Å²) in [5.74, 6) is -0.0391. The largest absolute Gasteiger partial charge is 0.380 e. The van der Waals surface area contributed by atoms with Gasteiger partial charge in [-0.25, -0.2) is 0 Å². The van der Waals surface area contributed by atoms with Crippen LogP contribution in [0, 0.1) is 5.92 Å². The van der Waals surface area contributed by atoms with E-state index in [1.807, 2.05) is 36.1 Å². The molecule has 1 N–H and O–H groups in total. The maximum atomic E-state index is 12.8. The minimum absolute atomic E-state index is 0.00272. The fourth-order valence-corrected chi connectivity index (χ4v) is 3.38. The predicted molar refractivity (Wildman–Crippen MR) is 98.3 cm³/mol. The molecule has 0 aliphatic carbocycles. The first kappa shape index (κ1) is 19.4. The maximum absolute atomic E-state index is 12.8. The van der Waals surface area contributed by atoms with Gasteiger partial charge in [-0.15, -0.1) is 0 Å². The Kier molecular flexibility index (Phi) is 7.44. The van der Waals surface area contributed by atoms with Crippen LogP contribution in [0.15, 0.2) is 24.3 Å². The van der Waals surface area contributed by atoms with Crippen LogP contribution in [-0.4, -0.2) is 43.0 Å². The third kappa shape index (κ3) is 5.56. The Balaban J connectivity index is 1.99. The van der Waals surface area contributed by atoms with Crippen LogP contribution >= 0.6 is 0 Å². The monoisotopic (exact) mass is 346 g/mol. The van der Waals surface area contributed by atoms with Gasteiger partial charge < -0.3 is 15.0 Å². The molecule has 0 unspecified atom stereocenters. The minimum Gasteiger partial charge on any atom is -0.380 e. The van der Waals surface area contributed by atoms with Gasteiger partial charge in [-0.3, -0.25) is 9.59 Å². The number of methoxy groups -OCH3 is 1. The summed E-state index contributed by atoms with van der Waals surface area (Å²) in [6, 6.07) is 7.71. The predicted octanol–water partition coefficient (Wildman–Crippen LogP) is 2.99. The van der Waals surface area contributed by atoms with E-state index in [0.29, 0.717) is 25.3 Å². The molecule has 25 heavy (non-hydrogen) atoms. The Morgan fingerprint density at radius 1 is 1.40 bits per heavy atom. The Morgan fingerprint density at radius 3 is 2.92 bits per heavy atom. The van der Waals surface area contributed by atoms with Crippen LogP contribution in [0.5, 0.6) is 0 Å². The number of nitrogens with zero attached hydrogens (tertiary/aromatic N) is 1. The number of ether oxygens (including phenoxy) is 1. The zero-order valence-electron chi connectivity index (χ0n) is 15.6.